The van der Waals surface area contributed by atoms with Gasteiger partial charge in [-0.05, 0) is 18.3 Å². The smallest absolute Gasteiger partial charge is 0.186 e. The van der Waals surface area contributed by atoms with Crippen molar-refractivity contribution in [3.63, 3.8) is 0 Å². The van der Waals surface area contributed by atoms with Crippen molar-refractivity contribution >= 4 is 29.1 Å². The first-order chi connectivity index (χ1) is 6.15. The zero-order chi connectivity index (χ0) is 9.47. The summed E-state index contributed by atoms with van der Waals surface area (Å²) in [4.78, 5) is 0. The molecule has 1 aliphatic carbocycles. The second-order valence-corrected chi connectivity index (χ2v) is 4.70. The van der Waals surface area contributed by atoms with Gasteiger partial charge in [0.05, 0.1) is 11.7 Å². The van der Waals surface area contributed by atoms with Crippen LogP contribution in [0.5, 0.6) is 0 Å². The highest BCUT2D eigenvalue weighted by atomic mass is 35.5. The predicted molar refractivity (Wildman–Crippen MR) is 55.3 cm³/mol. The highest BCUT2D eigenvalue weighted by Crippen LogP contribution is 2.50. The van der Waals surface area contributed by atoms with Crippen molar-refractivity contribution in [2.75, 3.05) is 5.32 Å². The Labute approximate surface area is 86.8 Å². The molecular formula is C8H12ClN3S. The van der Waals surface area contributed by atoms with Gasteiger partial charge in [0.2, 0.25) is 0 Å². The summed E-state index contributed by atoms with van der Waals surface area (Å²) < 4.78 is 7.99. The van der Waals surface area contributed by atoms with Crippen LogP contribution in [-0.2, 0) is 0 Å². The molecule has 0 saturated heterocycles. The SMILES string of the molecule is CCC1(C)CC1Nc1nsnc1Cl. The van der Waals surface area contributed by atoms with Crippen molar-refractivity contribution in [2.24, 2.45) is 5.41 Å². The number of anilines is 1. The van der Waals surface area contributed by atoms with Crippen molar-refractivity contribution < 1.29 is 0 Å². The first-order valence-corrected chi connectivity index (χ1v) is 5.51. The minimum absolute atomic E-state index is 0.437. The van der Waals surface area contributed by atoms with Gasteiger partial charge in [0.25, 0.3) is 0 Å². The molecule has 1 aromatic rings. The lowest BCUT2D eigenvalue weighted by Gasteiger charge is -2.07. The Morgan fingerprint density at radius 3 is 2.92 bits per heavy atom. The number of halogens is 1. The molecule has 0 radical (unpaired) electrons. The fourth-order valence-electron chi connectivity index (χ4n) is 1.45. The third-order valence-corrected chi connectivity index (χ3v) is 3.81. The Kier molecular flexibility index (Phi) is 2.20. The van der Waals surface area contributed by atoms with Crippen molar-refractivity contribution in [3.8, 4) is 0 Å². The Morgan fingerprint density at radius 1 is 1.69 bits per heavy atom. The minimum Gasteiger partial charge on any atom is -0.363 e. The molecule has 0 bridgehead atoms. The Bertz CT molecular complexity index is 314. The van der Waals surface area contributed by atoms with Crippen LogP contribution >= 0.6 is 23.3 Å². The van der Waals surface area contributed by atoms with Crippen LogP contribution in [0.15, 0.2) is 0 Å². The van der Waals surface area contributed by atoms with E-state index in [0.29, 0.717) is 16.6 Å². The Hall–Kier alpha value is -0.350. The third-order valence-electron chi connectivity index (χ3n) is 2.92. The number of aromatic nitrogens is 2. The van der Waals surface area contributed by atoms with Crippen molar-refractivity contribution in [3.05, 3.63) is 5.15 Å². The van der Waals surface area contributed by atoms with Crippen LogP contribution in [0.2, 0.25) is 5.15 Å². The van der Waals surface area contributed by atoms with Gasteiger partial charge in [0.15, 0.2) is 11.0 Å². The summed E-state index contributed by atoms with van der Waals surface area (Å²) in [6, 6.07) is 0.527. The largest absolute Gasteiger partial charge is 0.363 e. The van der Waals surface area contributed by atoms with Crippen LogP contribution in [0.3, 0.4) is 0 Å². The molecule has 2 atom stereocenters. The molecule has 72 valence electrons. The summed E-state index contributed by atoms with van der Waals surface area (Å²) in [5, 5.41) is 3.81. The van der Waals surface area contributed by atoms with Crippen LogP contribution in [0, 0.1) is 5.41 Å². The number of hydrogen-bond acceptors (Lipinski definition) is 4. The maximum absolute atomic E-state index is 5.82. The zero-order valence-electron chi connectivity index (χ0n) is 7.67. The van der Waals surface area contributed by atoms with Gasteiger partial charge in [-0.25, -0.2) is 0 Å². The molecule has 1 fully saturated rings. The fraction of sp³-hybridized carbons (Fsp3) is 0.750. The number of hydrogen-bond donors (Lipinski definition) is 1. The zero-order valence-corrected chi connectivity index (χ0v) is 9.24. The maximum atomic E-state index is 5.82. The summed E-state index contributed by atoms with van der Waals surface area (Å²) in [6.07, 6.45) is 2.40. The van der Waals surface area contributed by atoms with Gasteiger partial charge in [-0.15, -0.1) is 0 Å². The maximum Gasteiger partial charge on any atom is 0.186 e. The quantitative estimate of drug-likeness (QED) is 0.846. The van der Waals surface area contributed by atoms with E-state index in [4.69, 9.17) is 11.6 Å². The molecule has 1 aliphatic rings. The molecule has 0 spiro atoms. The average molecular weight is 218 g/mol. The van der Waals surface area contributed by atoms with Gasteiger partial charge in [-0.3, -0.25) is 0 Å². The highest BCUT2D eigenvalue weighted by molar-refractivity contribution is 6.99. The molecule has 1 N–H and O–H groups in total. The topological polar surface area (TPSA) is 37.8 Å². The molecule has 2 rings (SSSR count). The first-order valence-electron chi connectivity index (χ1n) is 4.40. The second-order valence-electron chi connectivity index (χ2n) is 3.81. The highest BCUT2D eigenvalue weighted by Gasteiger charge is 2.48. The van der Waals surface area contributed by atoms with Gasteiger partial charge in [0.1, 0.15) is 0 Å². The summed E-state index contributed by atoms with van der Waals surface area (Å²) in [5.41, 5.74) is 0.437. The van der Waals surface area contributed by atoms with E-state index in [1.807, 2.05) is 0 Å². The fourth-order valence-corrected chi connectivity index (χ4v) is 2.11. The molecule has 1 aromatic heterocycles. The standard InChI is InChI=1S/C8H12ClN3S/c1-3-8(2)4-5(8)10-7-6(9)11-13-12-7/h5H,3-4H2,1-2H3,(H,10,12). The second kappa shape index (κ2) is 3.10. The molecule has 13 heavy (non-hydrogen) atoms. The van der Waals surface area contributed by atoms with E-state index in [1.165, 1.54) is 12.8 Å². The summed E-state index contributed by atoms with van der Waals surface area (Å²) >= 11 is 6.97. The van der Waals surface area contributed by atoms with Crippen LogP contribution in [0.4, 0.5) is 5.82 Å². The van der Waals surface area contributed by atoms with E-state index < -0.39 is 0 Å². The Balaban J connectivity index is 1.98. The Morgan fingerprint density at radius 2 is 2.46 bits per heavy atom. The van der Waals surface area contributed by atoms with E-state index in [2.05, 4.69) is 27.9 Å². The summed E-state index contributed by atoms with van der Waals surface area (Å²) in [5.74, 6) is 0.744. The molecule has 1 heterocycles. The van der Waals surface area contributed by atoms with Crippen molar-refractivity contribution in [1.82, 2.24) is 8.75 Å². The molecule has 2 unspecified atom stereocenters. The lowest BCUT2D eigenvalue weighted by molar-refractivity contribution is 0.535. The number of rotatable bonds is 3. The monoisotopic (exact) mass is 217 g/mol. The van der Waals surface area contributed by atoms with E-state index in [0.717, 1.165) is 17.5 Å². The lowest BCUT2D eigenvalue weighted by Crippen LogP contribution is -2.10. The number of nitrogens with zero attached hydrogens (tertiary/aromatic N) is 2. The first kappa shape index (κ1) is 9.21. The van der Waals surface area contributed by atoms with E-state index >= 15 is 0 Å². The summed E-state index contributed by atoms with van der Waals surface area (Å²) in [6.45, 7) is 4.49. The average Bonchev–Trinajstić information content (AvgIpc) is 2.57. The molecule has 1 saturated carbocycles. The van der Waals surface area contributed by atoms with Crippen LogP contribution in [0.1, 0.15) is 26.7 Å². The van der Waals surface area contributed by atoms with E-state index in [9.17, 15) is 0 Å². The number of nitrogens with one attached hydrogen (secondary N) is 1. The van der Waals surface area contributed by atoms with Gasteiger partial charge < -0.3 is 5.32 Å². The van der Waals surface area contributed by atoms with Gasteiger partial charge in [-0.2, -0.15) is 8.75 Å². The molecule has 0 amide bonds. The summed E-state index contributed by atoms with van der Waals surface area (Å²) in [7, 11) is 0. The predicted octanol–water partition coefficient (Wildman–Crippen LogP) is 2.79. The normalized spacial score (nSPS) is 31.8. The minimum atomic E-state index is 0.437. The van der Waals surface area contributed by atoms with Gasteiger partial charge in [0, 0.05) is 6.04 Å². The van der Waals surface area contributed by atoms with Crippen molar-refractivity contribution in [1.29, 1.82) is 0 Å². The van der Waals surface area contributed by atoms with Gasteiger partial charge >= 0.3 is 0 Å². The van der Waals surface area contributed by atoms with Gasteiger partial charge in [-0.1, -0.05) is 25.4 Å². The van der Waals surface area contributed by atoms with E-state index in [1.54, 1.807) is 0 Å². The van der Waals surface area contributed by atoms with Crippen LogP contribution in [-0.4, -0.2) is 14.8 Å². The molecule has 0 aliphatic heterocycles. The van der Waals surface area contributed by atoms with Crippen LogP contribution < -0.4 is 5.32 Å². The third kappa shape index (κ3) is 1.65. The molecule has 0 aromatic carbocycles. The molecule has 5 heteroatoms. The van der Waals surface area contributed by atoms with E-state index in [-0.39, 0.29) is 0 Å². The lowest BCUT2D eigenvalue weighted by atomic mass is 10.1. The van der Waals surface area contributed by atoms with Crippen molar-refractivity contribution in [2.45, 2.75) is 32.7 Å². The van der Waals surface area contributed by atoms with Crippen LogP contribution in [0.25, 0.3) is 0 Å². The molecular weight excluding hydrogens is 206 g/mol. The molecule has 3 nitrogen and oxygen atoms in total.